The van der Waals surface area contributed by atoms with Crippen molar-refractivity contribution < 1.29 is 14.3 Å². The normalized spacial score (nSPS) is 21.5. The molecule has 0 aromatic heterocycles. The van der Waals surface area contributed by atoms with Crippen LogP contribution in [0.25, 0.3) is 0 Å². The molecule has 132 valence electrons. The van der Waals surface area contributed by atoms with Gasteiger partial charge in [-0.2, -0.15) is 5.11 Å². The molecule has 2 aromatic carbocycles. The maximum atomic E-state index is 12.9. The van der Waals surface area contributed by atoms with Gasteiger partial charge >= 0.3 is 0 Å². The minimum atomic E-state index is -0.782. The highest BCUT2D eigenvalue weighted by Gasteiger charge is 2.54. The number of hydrogen-bond donors (Lipinski definition) is 0. The first-order chi connectivity index (χ1) is 12.6. The number of aryl methyl sites for hydroxylation is 1. The lowest BCUT2D eigenvalue weighted by molar-refractivity contribution is -0.123. The molecule has 0 bridgehead atoms. The number of benzene rings is 2. The molecule has 2 heterocycles. The number of anilines is 1. The average molecular weight is 350 g/mol. The Labute approximate surface area is 150 Å². The summed E-state index contributed by atoms with van der Waals surface area (Å²) in [4.78, 5) is 26.8. The molecule has 0 aliphatic carbocycles. The van der Waals surface area contributed by atoms with Gasteiger partial charge in [0.2, 0.25) is 0 Å². The number of carbonyl (C=O) groups excluding carboxylic acids is 2. The zero-order valence-electron chi connectivity index (χ0n) is 14.5. The van der Waals surface area contributed by atoms with Crippen LogP contribution < -0.4 is 9.64 Å². The molecular weight excluding hydrogens is 332 g/mol. The predicted molar refractivity (Wildman–Crippen MR) is 94.6 cm³/mol. The van der Waals surface area contributed by atoms with Crippen LogP contribution in [0.1, 0.15) is 11.1 Å². The van der Waals surface area contributed by atoms with Gasteiger partial charge in [-0.1, -0.05) is 35.1 Å². The highest BCUT2D eigenvalue weighted by atomic mass is 16.5. The molecule has 0 radical (unpaired) electrons. The lowest BCUT2D eigenvalue weighted by Crippen LogP contribution is -2.39. The summed E-state index contributed by atoms with van der Waals surface area (Å²) in [5.41, 5.74) is 2.69. The molecule has 0 unspecified atom stereocenters. The lowest BCUT2D eigenvalue weighted by atomic mass is 10.1. The number of methoxy groups -OCH3 is 1. The summed E-state index contributed by atoms with van der Waals surface area (Å²) in [6.07, 6.45) is 0. The Hall–Kier alpha value is -3.22. The van der Waals surface area contributed by atoms with Crippen molar-refractivity contribution in [2.24, 2.45) is 10.3 Å². The zero-order valence-corrected chi connectivity index (χ0v) is 14.5. The van der Waals surface area contributed by atoms with Gasteiger partial charge in [0.1, 0.15) is 5.75 Å². The van der Waals surface area contributed by atoms with Gasteiger partial charge in [0.05, 0.1) is 19.3 Å². The van der Waals surface area contributed by atoms with Crippen molar-refractivity contribution in [3.05, 3.63) is 59.7 Å². The monoisotopic (exact) mass is 350 g/mol. The molecular formula is C19H18N4O3. The molecule has 4 rings (SSSR count). The molecule has 0 N–H and O–H groups in total. The van der Waals surface area contributed by atoms with E-state index in [-0.39, 0.29) is 11.8 Å². The number of hydrogen-bond acceptors (Lipinski definition) is 6. The van der Waals surface area contributed by atoms with Crippen molar-refractivity contribution in [2.75, 3.05) is 12.0 Å². The van der Waals surface area contributed by atoms with E-state index >= 15 is 0 Å². The van der Waals surface area contributed by atoms with E-state index in [1.165, 1.54) is 4.90 Å². The Morgan fingerprint density at radius 3 is 2.35 bits per heavy atom. The van der Waals surface area contributed by atoms with Gasteiger partial charge in [-0.15, -0.1) is 0 Å². The van der Waals surface area contributed by atoms with Gasteiger partial charge in [-0.05, 0) is 36.8 Å². The largest absolute Gasteiger partial charge is 0.497 e. The molecule has 1 saturated heterocycles. The SMILES string of the molecule is COc1ccc(N2C(=O)[C@@H]3[C@@H](N=NN3Cc3ccc(C)cc3)C2=O)cc1. The van der Waals surface area contributed by atoms with E-state index in [2.05, 4.69) is 10.3 Å². The van der Waals surface area contributed by atoms with Gasteiger partial charge in [-0.25, -0.2) is 4.90 Å². The molecule has 0 saturated carbocycles. The molecule has 26 heavy (non-hydrogen) atoms. The second kappa shape index (κ2) is 6.25. The summed E-state index contributed by atoms with van der Waals surface area (Å²) in [5.74, 6) is 0.0105. The predicted octanol–water partition coefficient (Wildman–Crippen LogP) is 2.50. The number of amides is 2. The third-order valence-corrected chi connectivity index (χ3v) is 4.65. The fourth-order valence-corrected chi connectivity index (χ4v) is 3.22. The van der Waals surface area contributed by atoms with Crippen LogP contribution >= 0.6 is 0 Å². The molecule has 7 heteroatoms. The van der Waals surface area contributed by atoms with Crippen LogP contribution in [0.3, 0.4) is 0 Å². The maximum Gasteiger partial charge on any atom is 0.263 e. The minimum absolute atomic E-state index is 0.303. The Morgan fingerprint density at radius 2 is 1.69 bits per heavy atom. The second-order valence-corrected chi connectivity index (χ2v) is 6.39. The van der Waals surface area contributed by atoms with Crippen LogP contribution in [0, 0.1) is 6.92 Å². The van der Waals surface area contributed by atoms with Crippen LogP contribution in [0.5, 0.6) is 5.75 Å². The van der Waals surface area contributed by atoms with Crippen molar-refractivity contribution >= 4 is 17.5 Å². The fraction of sp³-hybridized carbons (Fsp3) is 0.263. The Kier molecular flexibility index (Phi) is 3.91. The fourth-order valence-electron chi connectivity index (χ4n) is 3.22. The Bertz CT molecular complexity index is 877. The van der Waals surface area contributed by atoms with E-state index in [0.29, 0.717) is 18.0 Å². The van der Waals surface area contributed by atoms with E-state index in [1.807, 2.05) is 31.2 Å². The van der Waals surface area contributed by atoms with E-state index in [0.717, 1.165) is 11.1 Å². The Balaban J connectivity index is 1.57. The first-order valence-electron chi connectivity index (χ1n) is 8.33. The quantitative estimate of drug-likeness (QED) is 0.794. The molecule has 2 amide bonds. The first kappa shape index (κ1) is 16.3. The number of carbonyl (C=O) groups is 2. The van der Waals surface area contributed by atoms with Gasteiger partial charge in [0, 0.05) is 0 Å². The molecule has 1 fully saturated rings. The molecule has 2 aromatic rings. The third-order valence-electron chi connectivity index (χ3n) is 4.65. The number of fused-ring (bicyclic) bond motifs is 1. The number of imide groups is 1. The van der Waals surface area contributed by atoms with Crippen LogP contribution in [0.15, 0.2) is 58.9 Å². The minimum Gasteiger partial charge on any atom is -0.497 e. The van der Waals surface area contributed by atoms with Gasteiger partial charge < -0.3 is 4.74 Å². The van der Waals surface area contributed by atoms with E-state index in [4.69, 9.17) is 4.74 Å². The van der Waals surface area contributed by atoms with E-state index < -0.39 is 12.1 Å². The lowest BCUT2D eigenvalue weighted by Gasteiger charge is -2.20. The van der Waals surface area contributed by atoms with Crippen molar-refractivity contribution in [3.63, 3.8) is 0 Å². The molecule has 0 spiro atoms. The smallest absolute Gasteiger partial charge is 0.263 e. The maximum absolute atomic E-state index is 12.9. The summed E-state index contributed by atoms with van der Waals surface area (Å²) < 4.78 is 5.12. The number of rotatable bonds is 4. The van der Waals surface area contributed by atoms with E-state index in [1.54, 1.807) is 36.4 Å². The standard InChI is InChI=1S/C19H18N4O3/c1-12-3-5-13(6-4-12)11-22-17-16(20-21-22)18(24)23(19(17)25)14-7-9-15(26-2)10-8-14/h3-10,16-17H,11H2,1-2H3/t16-,17+/m1/s1. The molecule has 7 nitrogen and oxygen atoms in total. The first-order valence-corrected chi connectivity index (χ1v) is 8.33. The van der Waals surface area contributed by atoms with Crippen molar-refractivity contribution in [1.82, 2.24) is 5.01 Å². The summed E-state index contributed by atoms with van der Waals surface area (Å²) in [5, 5.41) is 9.71. The second-order valence-electron chi connectivity index (χ2n) is 6.39. The topological polar surface area (TPSA) is 74.6 Å². The summed E-state index contributed by atoms with van der Waals surface area (Å²) in [6, 6.07) is 13.3. The van der Waals surface area contributed by atoms with Crippen molar-refractivity contribution in [3.8, 4) is 5.75 Å². The summed E-state index contributed by atoms with van der Waals surface area (Å²) in [7, 11) is 1.56. The van der Waals surface area contributed by atoms with Crippen LogP contribution in [-0.4, -0.2) is 36.0 Å². The molecule has 2 aliphatic rings. The van der Waals surface area contributed by atoms with Crippen molar-refractivity contribution in [1.29, 1.82) is 0 Å². The highest BCUT2D eigenvalue weighted by Crippen LogP contribution is 2.33. The van der Waals surface area contributed by atoms with Crippen LogP contribution in [0.2, 0.25) is 0 Å². The average Bonchev–Trinajstić information content (AvgIpc) is 3.17. The molecule has 2 atom stereocenters. The third kappa shape index (κ3) is 2.61. The van der Waals surface area contributed by atoms with Crippen LogP contribution in [-0.2, 0) is 16.1 Å². The summed E-state index contributed by atoms with van der Waals surface area (Å²) >= 11 is 0. The van der Waals surface area contributed by atoms with E-state index in [9.17, 15) is 9.59 Å². The summed E-state index contributed by atoms with van der Waals surface area (Å²) in [6.45, 7) is 2.45. The highest BCUT2D eigenvalue weighted by molar-refractivity contribution is 6.25. The zero-order chi connectivity index (χ0) is 18.3. The number of ether oxygens (including phenoxy) is 1. The van der Waals surface area contributed by atoms with Gasteiger partial charge in [0.25, 0.3) is 11.8 Å². The van der Waals surface area contributed by atoms with Crippen molar-refractivity contribution in [2.45, 2.75) is 25.6 Å². The number of nitrogens with zero attached hydrogens (tertiary/aromatic N) is 4. The van der Waals surface area contributed by atoms with Crippen LogP contribution in [0.4, 0.5) is 5.69 Å². The Morgan fingerprint density at radius 1 is 1.00 bits per heavy atom. The van der Waals surface area contributed by atoms with Gasteiger partial charge in [0.15, 0.2) is 12.1 Å². The molecule has 2 aliphatic heterocycles. The van der Waals surface area contributed by atoms with Gasteiger partial charge in [-0.3, -0.25) is 14.6 Å².